The van der Waals surface area contributed by atoms with Crippen LogP contribution in [0.4, 0.5) is 5.69 Å². The maximum absolute atomic E-state index is 12.3. The molecule has 1 heterocycles. The number of nitrogens with one attached hydrogen (secondary N) is 1. The molecule has 0 unspecified atom stereocenters. The predicted octanol–water partition coefficient (Wildman–Crippen LogP) is 1.05. The quantitative estimate of drug-likeness (QED) is 0.841. The summed E-state index contributed by atoms with van der Waals surface area (Å²) in [6.45, 7) is 2.92. The lowest BCUT2D eigenvalue weighted by Gasteiger charge is -2.28. The fourth-order valence-electron chi connectivity index (χ4n) is 2.82. The summed E-state index contributed by atoms with van der Waals surface area (Å²) in [4.78, 5) is 14.4. The molecule has 1 aromatic carbocycles. The number of carbonyl (C=O) groups is 1. The predicted molar refractivity (Wildman–Crippen MR) is 91.9 cm³/mol. The standard InChI is InChI=1S/C16H25N3O3S/c1-13(18(2)14-8-5-4-6-9-14)12-17-16(20)15-10-7-11-19(15)23(3,21)22/h4-6,8-9,13,15H,7,10-12H2,1-3H3,(H,17,20)/t13-,15-/m0/s1. The molecule has 0 aliphatic carbocycles. The molecule has 2 atom stereocenters. The van der Waals surface area contributed by atoms with Crippen molar-refractivity contribution in [2.45, 2.75) is 31.8 Å². The van der Waals surface area contributed by atoms with Gasteiger partial charge in [0.15, 0.2) is 0 Å². The lowest BCUT2D eigenvalue weighted by molar-refractivity contribution is -0.124. The zero-order valence-corrected chi connectivity index (χ0v) is 14.7. The molecule has 1 N–H and O–H groups in total. The highest BCUT2D eigenvalue weighted by Gasteiger charge is 2.36. The number of para-hydroxylation sites is 1. The molecule has 0 saturated carbocycles. The van der Waals surface area contributed by atoms with E-state index in [9.17, 15) is 13.2 Å². The van der Waals surface area contributed by atoms with Crippen LogP contribution in [0.1, 0.15) is 19.8 Å². The second-order valence-corrected chi connectivity index (χ2v) is 8.01. The van der Waals surface area contributed by atoms with Crippen molar-refractivity contribution in [3.63, 3.8) is 0 Å². The van der Waals surface area contributed by atoms with Crippen molar-refractivity contribution in [3.8, 4) is 0 Å². The van der Waals surface area contributed by atoms with Crippen LogP contribution in [0.15, 0.2) is 30.3 Å². The van der Waals surface area contributed by atoms with Crippen molar-refractivity contribution in [2.75, 3.05) is 31.3 Å². The van der Waals surface area contributed by atoms with Gasteiger partial charge in [0, 0.05) is 31.9 Å². The minimum atomic E-state index is -3.33. The Morgan fingerprint density at radius 2 is 2.04 bits per heavy atom. The molecule has 0 spiro atoms. The van der Waals surface area contributed by atoms with Gasteiger partial charge in [0.2, 0.25) is 15.9 Å². The van der Waals surface area contributed by atoms with Gasteiger partial charge in [-0.3, -0.25) is 4.79 Å². The number of hydrogen-bond donors (Lipinski definition) is 1. The van der Waals surface area contributed by atoms with E-state index >= 15 is 0 Å². The van der Waals surface area contributed by atoms with Crippen molar-refractivity contribution in [3.05, 3.63) is 30.3 Å². The van der Waals surface area contributed by atoms with E-state index in [1.54, 1.807) is 0 Å². The third-order valence-corrected chi connectivity index (χ3v) is 5.62. The molecule has 0 aromatic heterocycles. The molecule has 7 heteroatoms. The van der Waals surface area contributed by atoms with Crippen LogP contribution >= 0.6 is 0 Å². The number of likely N-dealkylation sites (N-methyl/N-ethyl adjacent to an activating group) is 1. The van der Waals surface area contributed by atoms with E-state index in [1.165, 1.54) is 4.31 Å². The first kappa shape index (κ1) is 17.7. The van der Waals surface area contributed by atoms with E-state index in [4.69, 9.17) is 0 Å². The number of rotatable bonds is 6. The number of benzene rings is 1. The Bertz CT molecular complexity index is 633. The van der Waals surface area contributed by atoms with Gasteiger partial charge in [0.05, 0.1) is 6.26 Å². The van der Waals surface area contributed by atoms with E-state index in [1.807, 2.05) is 44.3 Å². The molecule has 23 heavy (non-hydrogen) atoms. The Balaban J connectivity index is 1.91. The van der Waals surface area contributed by atoms with Crippen LogP contribution in [0.3, 0.4) is 0 Å². The maximum Gasteiger partial charge on any atom is 0.238 e. The summed E-state index contributed by atoms with van der Waals surface area (Å²) < 4.78 is 24.7. The van der Waals surface area contributed by atoms with Crippen molar-refractivity contribution >= 4 is 21.6 Å². The number of nitrogens with zero attached hydrogens (tertiary/aromatic N) is 2. The van der Waals surface area contributed by atoms with Gasteiger partial charge < -0.3 is 10.2 Å². The molecule has 1 aromatic rings. The smallest absolute Gasteiger partial charge is 0.238 e. The van der Waals surface area contributed by atoms with Gasteiger partial charge >= 0.3 is 0 Å². The highest BCUT2D eigenvalue weighted by atomic mass is 32.2. The van der Waals surface area contributed by atoms with Gasteiger partial charge in [0.25, 0.3) is 0 Å². The summed E-state index contributed by atoms with van der Waals surface area (Å²) in [6.07, 6.45) is 2.47. The number of anilines is 1. The number of sulfonamides is 1. The molecule has 1 fully saturated rings. The van der Waals surface area contributed by atoms with E-state index < -0.39 is 16.1 Å². The highest BCUT2D eigenvalue weighted by molar-refractivity contribution is 7.88. The van der Waals surface area contributed by atoms with Crippen molar-refractivity contribution in [2.24, 2.45) is 0 Å². The van der Waals surface area contributed by atoms with Gasteiger partial charge in [-0.2, -0.15) is 4.31 Å². The molecule has 1 amide bonds. The number of hydrogen-bond acceptors (Lipinski definition) is 4. The Hall–Kier alpha value is -1.60. The molecule has 1 saturated heterocycles. The monoisotopic (exact) mass is 339 g/mol. The summed E-state index contributed by atoms with van der Waals surface area (Å²) in [6, 6.07) is 9.47. The van der Waals surface area contributed by atoms with Crippen LogP contribution < -0.4 is 10.2 Å². The number of amides is 1. The van der Waals surface area contributed by atoms with Crippen LogP contribution in [-0.2, 0) is 14.8 Å². The summed E-state index contributed by atoms with van der Waals surface area (Å²) in [7, 11) is -1.36. The van der Waals surface area contributed by atoms with Crippen LogP contribution in [-0.4, -0.2) is 57.1 Å². The van der Waals surface area contributed by atoms with Crippen LogP contribution in [0.2, 0.25) is 0 Å². The Morgan fingerprint density at radius 1 is 1.39 bits per heavy atom. The first-order chi connectivity index (χ1) is 10.8. The largest absolute Gasteiger partial charge is 0.370 e. The Kier molecular flexibility index (Phi) is 5.64. The minimum absolute atomic E-state index is 0.106. The fourth-order valence-corrected chi connectivity index (χ4v) is 3.94. The molecule has 6 nitrogen and oxygen atoms in total. The van der Waals surface area contributed by atoms with E-state index in [-0.39, 0.29) is 11.9 Å². The summed E-state index contributed by atoms with van der Waals surface area (Å²) in [5.74, 6) is -0.207. The molecule has 128 valence electrons. The van der Waals surface area contributed by atoms with Crippen LogP contribution in [0.5, 0.6) is 0 Å². The zero-order valence-electron chi connectivity index (χ0n) is 13.9. The molecule has 1 aliphatic heterocycles. The average molecular weight is 339 g/mol. The molecular weight excluding hydrogens is 314 g/mol. The summed E-state index contributed by atoms with van der Waals surface area (Å²) in [5.41, 5.74) is 1.08. The highest BCUT2D eigenvalue weighted by Crippen LogP contribution is 2.20. The van der Waals surface area contributed by atoms with Crippen molar-refractivity contribution in [1.82, 2.24) is 9.62 Å². The summed E-state index contributed by atoms with van der Waals surface area (Å²) in [5, 5.41) is 2.89. The van der Waals surface area contributed by atoms with Crippen molar-refractivity contribution in [1.29, 1.82) is 0 Å². The van der Waals surface area contributed by atoms with E-state index in [2.05, 4.69) is 10.2 Å². The number of carbonyl (C=O) groups excluding carboxylic acids is 1. The molecule has 2 rings (SSSR count). The fraction of sp³-hybridized carbons (Fsp3) is 0.562. The first-order valence-corrected chi connectivity index (χ1v) is 9.68. The molecule has 1 aliphatic rings. The minimum Gasteiger partial charge on any atom is -0.370 e. The first-order valence-electron chi connectivity index (χ1n) is 7.83. The van der Waals surface area contributed by atoms with Gasteiger partial charge in [-0.15, -0.1) is 0 Å². The second-order valence-electron chi connectivity index (χ2n) is 6.07. The van der Waals surface area contributed by atoms with E-state index in [0.29, 0.717) is 19.5 Å². The molecule has 0 radical (unpaired) electrons. The SMILES string of the molecule is C[C@@H](CNC(=O)[C@@H]1CCCN1S(C)(=O)=O)N(C)c1ccccc1. The van der Waals surface area contributed by atoms with Crippen molar-refractivity contribution < 1.29 is 13.2 Å². The Labute approximate surface area is 138 Å². The average Bonchev–Trinajstić information content (AvgIpc) is 3.02. The Morgan fingerprint density at radius 3 is 2.65 bits per heavy atom. The third-order valence-electron chi connectivity index (χ3n) is 4.33. The lowest BCUT2D eigenvalue weighted by Crippen LogP contribution is -2.48. The normalized spacial score (nSPS) is 20.2. The third kappa shape index (κ3) is 4.45. The van der Waals surface area contributed by atoms with Gasteiger partial charge in [-0.25, -0.2) is 8.42 Å². The topological polar surface area (TPSA) is 69.7 Å². The van der Waals surface area contributed by atoms with E-state index in [0.717, 1.165) is 18.4 Å². The summed E-state index contributed by atoms with van der Waals surface area (Å²) >= 11 is 0. The molecule has 0 bridgehead atoms. The second kappa shape index (κ2) is 7.31. The maximum atomic E-state index is 12.3. The lowest BCUT2D eigenvalue weighted by atomic mass is 10.2. The molecular formula is C16H25N3O3S. The van der Waals surface area contributed by atoms with Crippen LogP contribution in [0, 0.1) is 0 Å². The van der Waals surface area contributed by atoms with Crippen LogP contribution in [0.25, 0.3) is 0 Å². The zero-order chi connectivity index (χ0) is 17.0. The van der Waals surface area contributed by atoms with Gasteiger partial charge in [-0.1, -0.05) is 18.2 Å². The van der Waals surface area contributed by atoms with Gasteiger partial charge in [0.1, 0.15) is 6.04 Å². The van der Waals surface area contributed by atoms with Gasteiger partial charge in [-0.05, 0) is 31.9 Å².